The van der Waals surface area contributed by atoms with E-state index in [0.717, 1.165) is 25.7 Å². The van der Waals surface area contributed by atoms with E-state index in [0.29, 0.717) is 17.7 Å². The van der Waals surface area contributed by atoms with Crippen LogP contribution in [0, 0.1) is 5.92 Å². The van der Waals surface area contributed by atoms with Crippen LogP contribution in [0.4, 0.5) is 0 Å². The van der Waals surface area contributed by atoms with Crippen molar-refractivity contribution in [3.05, 3.63) is 18.0 Å². The first-order valence-electron chi connectivity index (χ1n) is 8.37. The van der Waals surface area contributed by atoms with Gasteiger partial charge in [-0.1, -0.05) is 25.7 Å². The van der Waals surface area contributed by atoms with Crippen molar-refractivity contribution in [3.63, 3.8) is 0 Å². The molecule has 0 aliphatic heterocycles. The third kappa shape index (κ3) is 3.50. The van der Waals surface area contributed by atoms with Crippen LogP contribution in [0.1, 0.15) is 75.9 Å². The number of ketones is 1. The molecule has 0 aromatic carbocycles. The molecule has 20 heavy (non-hydrogen) atoms. The molecule has 3 heteroatoms. The zero-order valence-electron chi connectivity index (χ0n) is 12.4. The Labute approximate surface area is 121 Å². The molecule has 0 N–H and O–H groups in total. The fourth-order valence-corrected chi connectivity index (χ4v) is 3.79. The van der Waals surface area contributed by atoms with E-state index in [1.807, 2.05) is 0 Å². The molecule has 3 rings (SSSR count). The van der Waals surface area contributed by atoms with Crippen LogP contribution in [-0.2, 0) is 11.2 Å². The largest absolute Gasteiger partial charge is 0.300 e. The zero-order valence-corrected chi connectivity index (χ0v) is 12.4. The molecule has 0 saturated heterocycles. The summed E-state index contributed by atoms with van der Waals surface area (Å²) in [5, 5.41) is 4.79. The summed E-state index contributed by atoms with van der Waals surface area (Å²) in [6, 6.07) is 2.79. The van der Waals surface area contributed by atoms with E-state index in [2.05, 4.69) is 16.9 Å². The molecular formula is C17H26N2O. The molecule has 1 aromatic rings. The predicted octanol–water partition coefficient (Wildman–Crippen LogP) is 4.08. The van der Waals surface area contributed by atoms with E-state index in [9.17, 15) is 4.79 Å². The molecule has 2 aliphatic carbocycles. The second-order valence-electron chi connectivity index (χ2n) is 6.64. The van der Waals surface area contributed by atoms with Crippen molar-refractivity contribution in [1.29, 1.82) is 0 Å². The van der Waals surface area contributed by atoms with Crippen molar-refractivity contribution in [2.24, 2.45) is 5.92 Å². The van der Waals surface area contributed by atoms with E-state index in [1.165, 1.54) is 50.6 Å². The van der Waals surface area contributed by atoms with E-state index >= 15 is 0 Å². The highest BCUT2D eigenvalue weighted by molar-refractivity contribution is 5.78. The first-order chi connectivity index (χ1) is 9.81. The average molecular weight is 274 g/mol. The predicted molar refractivity (Wildman–Crippen MR) is 79.6 cm³/mol. The Morgan fingerprint density at radius 2 is 1.90 bits per heavy atom. The summed E-state index contributed by atoms with van der Waals surface area (Å²) < 4.78 is 2.19. The van der Waals surface area contributed by atoms with Crippen molar-refractivity contribution in [2.75, 3.05) is 0 Å². The minimum Gasteiger partial charge on any atom is -0.300 e. The fraction of sp³-hybridized carbons (Fsp3) is 0.765. The summed E-state index contributed by atoms with van der Waals surface area (Å²) in [5.41, 5.74) is 1.19. The number of hydrogen-bond acceptors (Lipinski definition) is 2. The Balaban J connectivity index is 1.60. The maximum absolute atomic E-state index is 11.7. The van der Waals surface area contributed by atoms with Gasteiger partial charge in [-0.25, -0.2) is 0 Å². The fourth-order valence-electron chi connectivity index (χ4n) is 3.79. The summed E-state index contributed by atoms with van der Waals surface area (Å²) in [5.74, 6) is 0.985. The normalized spacial score (nSPS) is 25.6. The van der Waals surface area contributed by atoms with Gasteiger partial charge in [-0.05, 0) is 44.1 Å². The SMILES string of the molecule is O=C1CCCCC(Cc2ccn(C3CCCCC3)n2)C1. The van der Waals surface area contributed by atoms with Gasteiger partial charge < -0.3 is 0 Å². The second-order valence-corrected chi connectivity index (χ2v) is 6.64. The molecule has 0 amide bonds. The van der Waals surface area contributed by atoms with Crippen LogP contribution >= 0.6 is 0 Å². The van der Waals surface area contributed by atoms with E-state index in [1.54, 1.807) is 0 Å². The lowest BCUT2D eigenvalue weighted by molar-refractivity contribution is -0.119. The molecule has 1 heterocycles. The van der Waals surface area contributed by atoms with E-state index in [4.69, 9.17) is 5.10 Å². The van der Waals surface area contributed by atoms with Gasteiger partial charge in [0.15, 0.2) is 0 Å². The minimum atomic E-state index is 0.458. The number of aromatic nitrogens is 2. The first kappa shape index (κ1) is 13.8. The van der Waals surface area contributed by atoms with Crippen LogP contribution in [0.3, 0.4) is 0 Å². The quantitative estimate of drug-likeness (QED) is 0.778. The number of nitrogens with zero attached hydrogens (tertiary/aromatic N) is 2. The number of carbonyl (C=O) groups excluding carboxylic acids is 1. The average Bonchev–Trinajstić information content (AvgIpc) is 2.83. The molecule has 0 spiro atoms. The van der Waals surface area contributed by atoms with Crippen molar-refractivity contribution in [2.45, 2.75) is 76.7 Å². The van der Waals surface area contributed by atoms with E-state index < -0.39 is 0 Å². The Morgan fingerprint density at radius 1 is 1.10 bits per heavy atom. The maximum atomic E-state index is 11.7. The maximum Gasteiger partial charge on any atom is 0.133 e. The van der Waals surface area contributed by atoms with Gasteiger partial charge in [-0.3, -0.25) is 9.48 Å². The summed E-state index contributed by atoms with van der Waals surface area (Å²) >= 11 is 0. The molecule has 2 fully saturated rings. The molecule has 0 bridgehead atoms. The molecule has 1 unspecified atom stereocenters. The highest BCUT2D eigenvalue weighted by atomic mass is 16.1. The van der Waals surface area contributed by atoms with Gasteiger partial charge in [0, 0.05) is 19.0 Å². The third-order valence-corrected chi connectivity index (χ3v) is 4.94. The molecular weight excluding hydrogens is 248 g/mol. The minimum absolute atomic E-state index is 0.458. The van der Waals surface area contributed by atoms with Gasteiger partial charge in [-0.2, -0.15) is 5.10 Å². The number of carbonyl (C=O) groups is 1. The lowest BCUT2D eigenvalue weighted by atomic mass is 9.95. The van der Waals surface area contributed by atoms with Crippen molar-refractivity contribution >= 4 is 5.78 Å². The third-order valence-electron chi connectivity index (χ3n) is 4.94. The Bertz CT molecular complexity index is 446. The monoisotopic (exact) mass is 274 g/mol. The van der Waals surface area contributed by atoms with Crippen LogP contribution in [0.15, 0.2) is 12.3 Å². The molecule has 1 atom stereocenters. The number of rotatable bonds is 3. The van der Waals surface area contributed by atoms with Gasteiger partial charge in [0.05, 0.1) is 11.7 Å². The number of hydrogen-bond donors (Lipinski definition) is 0. The zero-order chi connectivity index (χ0) is 13.8. The lowest BCUT2D eigenvalue weighted by Crippen LogP contribution is -2.14. The molecule has 110 valence electrons. The van der Waals surface area contributed by atoms with Crippen LogP contribution in [0.5, 0.6) is 0 Å². The van der Waals surface area contributed by atoms with Crippen molar-refractivity contribution < 1.29 is 4.79 Å². The highest BCUT2D eigenvalue weighted by Gasteiger charge is 2.20. The van der Waals surface area contributed by atoms with Crippen molar-refractivity contribution in [1.82, 2.24) is 9.78 Å². The molecule has 3 nitrogen and oxygen atoms in total. The van der Waals surface area contributed by atoms with Crippen LogP contribution in [-0.4, -0.2) is 15.6 Å². The Hall–Kier alpha value is -1.12. The van der Waals surface area contributed by atoms with Gasteiger partial charge in [-0.15, -0.1) is 0 Å². The highest BCUT2D eigenvalue weighted by Crippen LogP contribution is 2.28. The summed E-state index contributed by atoms with van der Waals surface area (Å²) in [6.45, 7) is 0. The summed E-state index contributed by atoms with van der Waals surface area (Å²) in [4.78, 5) is 11.7. The summed E-state index contributed by atoms with van der Waals surface area (Å²) in [7, 11) is 0. The van der Waals surface area contributed by atoms with E-state index in [-0.39, 0.29) is 0 Å². The van der Waals surface area contributed by atoms with Gasteiger partial charge in [0.2, 0.25) is 0 Å². The standard InChI is InChI=1S/C17H26N2O/c20-17-9-5-4-6-14(13-17)12-15-10-11-19(18-15)16-7-2-1-3-8-16/h10-11,14,16H,1-9,12-13H2. The first-order valence-corrected chi connectivity index (χ1v) is 8.37. The van der Waals surface area contributed by atoms with Gasteiger partial charge >= 0.3 is 0 Å². The molecule has 0 radical (unpaired) electrons. The van der Waals surface area contributed by atoms with Crippen LogP contribution in [0.2, 0.25) is 0 Å². The molecule has 2 aliphatic rings. The topological polar surface area (TPSA) is 34.9 Å². The smallest absolute Gasteiger partial charge is 0.133 e. The second kappa shape index (κ2) is 6.55. The van der Waals surface area contributed by atoms with Gasteiger partial charge in [0.1, 0.15) is 5.78 Å². The molecule has 1 aromatic heterocycles. The van der Waals surface area contributed by atoms with Crippen LogP contribution in [0.25, 0.3) is 0 Å². The summed E-state index contributed by atoms with van der Waals surface area (Å²) in [6.07, 6.45) is 14.8. The Kier molecular flexibility index (Phi) is 4.54. The Morgan fingerprint density at radius 3 is 2.75 bits per heavy atom. The van der Waals surface area contributed by atoms with Crippen molar-refractivity contribution in [3.8, 4) is 0 Å². The van der Waals surface area contributed by atoms with Gasteiger partial charge in [0.25, 0.3) is 0 Å². The number of Topliss-reactive ketones (excluding diaryl/α,β-unsaturated/α-hetero) is 1. The lowest BCUT2D eigenvalue weighted by Gasteiger charge is -2.21. The molecule has 2 saturated carbocycles. The van der Waals surface area contributed by atoms with Crippen LogP contribution < -0.4 is 0 Å².